The molecule has 2 atom stereocenters. The first kappa shape index (κ1) is 5.08. The number of hydrogen-bond donors (Lipinski definition) is 3. The minimum Gasteiger partial charge on any atom is -0.480 e. The van der Waals surface area contributed by atoms with E-state index >= 15 is 0 Å². The molecule has 1 aliphatic rings. The van der Waals surface area contributed by atoms with Gasteiger partial charge in [-0.25, -0.2) is 4.79 Å². The van der Waals surface area contributed by atoms with Gasteiger partial charge in [0.25, 0.3) is 0 Å². The molecule has 0 aromatic rings. The topological polar surface area (TPSA) is 86.6 Å². The number of carboxylic acid groups (broad SMARTS) is 2. The summed E-state index contributed by atoms with van der Waals surface area (Å²) in [7, 11) is 0. The number of thioether (sulfide) groups is 1. The molecule has 1 aliphatic heterocycles. The van der Waals surface area contributed by atoms with Crippen molar-refractivity contribution in [2.45, 2.75) is 17.8 Å². The molecule has 0 aliphatic carbocycles. The van der Waals surface area contributed by atoms with Crippen LogP contribution in [-0.4, -0.2) is 39.3 Å². The van der Waals surface area contributed by atoms with Crippen LogP contribution >= 0.6 is 11.8 Å². The lowest BCUT2D eigenvalue weighted by Crippen LogP contribution is -2.49. The largest absolute Gasteiger partial charge is 0.480 e. The van der Waals surface area contributed by atoms with Gasteiger partial charge in [-0.15, -0.1) is 11.8 Å². The SMILES string of the molecule is [2H]C1([2H])SC(C(=O)O)N[C@@H](C(=O)O)C1([2H])[2H]. The second-order valence-electron chi connectivity index (χ2n) is 2.02. The van der Waals surface area contributed by atoms with Crippen molar-refractivity contribution >= 4 is 23.7 Å². The Morgan fingerprint density at radius 3 is 2.67 bits per heavy atom. The molecule has 0 spiro atoms. The van der Waals surface area contributed by atoms with Crippen molar-refractivity contribution in [1.29, 1.82) is 0 Å². The second kappa shape index (κ2) is 3.77. The molecule has 1 fully saturated rings. The zero-order valence-electron chi connectivity index (χ0n) is 9.77. The first-order chi connectivity index (χ1) is 7.09. The normalized spacial score (nSPS) is 43.0. The maximum Gasteiger partial charge on any atom is 0.331 e. The van der Waals surface area contributed by atoms with Gasteiger partial charge in [0.05, 0.1) is 0 Å². The lowest BCUT2D eigenvalue weighted by Gasteiger charge is -2.24. The second-order valence-corrected chi connectivity index (χ2v) is 2.93. The van der Waals surface area contributed by atoms with Gasteiger partial charge in [0, 0.05) is 5.48 Å². The molecule has 0 amide bonds. The Morgan fingerprint density at radius 1 is 1.50 bits per heavy atom. The molecule has 6 heteroatoms. The van der Waals surface area contributed by atoms with Crippen LogP contribution in [0.2, 0.25) is 0 Å². The van der Waals surface area contributed by atoms with Gasteiger partial charge >= 0.3 is 11.9 Å². The zero-order chi connectivity index (χ0) is 12.7. The van der Waals surface area contributed by atoms with Crippen molar-refractivity contribution in [3.63, 3.8) is 0 Å². The number of carbonyl (C=O) groups is 2. The standard InChI is InChI=1S/C6H9NO4S/c8-5(9)3-1-2-12-4(7-3)6(10)11/h3-4,7H,1-2H2,(H,8,9)(H,10,11)/t3-,4?/m1/s1/i1D2,2D2. The van der Waals surface area contributed by atoms with Gasteiger partial charge in [-0.05, 0) is 12.1 Å². The Balaban J connectivity index is 3.08. The van der Waals surface area contributed by atoms with Gasteiger partial charge < -0.3 is 10.2 Å². The highest BCUT2D eigenvalue weighted by molar-refractivity contribution is 8.00. The van der Waals surface area contributed by atoms with Crippen LogP contribution in [-0.2, 0) is 9.59 Å². The third-order valence-corrected chi connectivity index (χ3v) is 1.98. The fourth-order valence-electron chi connectivity index (χ4n) is 0.634. The Hall–Kier alpha value is -0.750. The summed E-state index contributed by atoms with van der Waals surface area (Å²) in [5, 5.41) is 18.0. The van der Waals surface area contributed by atoms with Crippen molar-refractivity contribution in [2.24, 2.45) is 0 Å². The quantitative estimate of drug-likeness (QED) is 0.554. The lowest BCUT2D eigenvalue weighted by atomic mass is 10.2. The molecule has 0 saturated carbocycles. The van der Waals surface area contributed by atoms with Gasteiger partial charge in [-0.2, -0.15) is 0 Å². The Morgan fingerprint density at radius 2 is 2.17 bits per heavy atom. The molecule has 12 heavy (non-hydrogen) atoms. The molecule has 1 unspecified atom stereocenters. The maximum atomic E-state index is 10.8. The summed E-state index contributed by atoms with van der Waals surface area (Å²) in [6.07, 6.45) is -2.70. The molecule has 68 valence electrons. The molecular formula is C6H9NO4S. The first-order valence-corrected chi connectivity index (χ1v) is 3.87. The van der Waals surface area contributed by atoms with Gasteiger partial charge in [-0.1, -0.05) is 0 Å². The van der Waals surface area contributed by atoms with Crippen molar-refractivity contribution < 1.29 is 25.3 Å². The maximum absolute atomic E-state index is 10.8. The van der Waals surface area contributed by atoms with E-state index in [2.05, 4.69) is 0 Å². The fourth-order valence-corrected chi connectivity index (χ4v) is 1.24. The minimum atomic E-state index is -2.70. The first-order valence-electron chi connectivity index (χ1n) is 4.99. The van der Waals surface area contributed by atoms with E-state index in [4.69, 9.17) is 15.7 Å². The van der Waals surface area contributed by atoms with Gasteiger partial charge in [0.15, 0.2) is 5.37 Å². The summed E-state index contributed by atoms with van der Waals surface area (Å²) in [6, 6.07) is -1.90. The number of nitrogens with one attached hydrogen (secondary N) is 1. The Labute approximate surface area is 78.8 Å². The summed E-state index contributed by atoms with van der Waals surface area (Å²) in [5.41, 5.74) is -2.59. The van der Waals surface area contributed by atoms with E-state index in [-0.39, 0.29) is 11.8 Å². The predicted molar refractivity (Wildman–Crippen MR) is 43.1 cm³/mol. The molecule has 0 radical (unpaired) electrons. The van der Waals surface area contributed by atoms with Crippen LogP contribution in [0.15, 0.2) is 0 Å². The van der Waals surface area contributed by atoms with Crippen molar-refractivity contribution in [1.82, 2.24) is 5.32 Å². The van der Waals surface area contributed by atoms with E-state index in [9.17, 15) is 9.59 Å². The third kappa shape index (κ3) is 2.12. The monoisotopic (exact) mass is 195 g/mol. The highest BCUT2D eigenvalue weighted by Gasteiger charge is 2.30. The molecule has 1 rings (SSSR count). The summed E-state index contributed by atoms with van der Waals surface area (Å²) in [6.45, 7) is 0. The fraction of sp³-hybridized carbons (Fsp3) is 0.667. The molecule has 1 saturated heterocycles. The van der Waals surface area contributed by atoms with Crippen LogP contribution in [0, 0.1) is 0 Å². The number of aliphatic carboxylic acids is 2. The van der Waals surface area contributed by atoms with Crippen molar-refractivity contribution in [2.75, 3.05) is 5.70 Å². The summed E-state index contributed by atoms with van der Waals surface area (Å²) in [4.78, 5) is 21.4. The molecule has 0 bridgehead atoms. The predicted octanol–water partition coefficient (Wildman–Crippen LogP) is -0.423. The molecule has 0 aromatic carbocycles. The van der Waals surface area contributed by atoms with Crippen LogP contribution in [0.25, 0.3) is 0 Å². The van der Waals surface area contributed by atoms with Gasteiger partial charge in [-0.3, -0.25) is 10.1 Å². The van der Waals surface area contributed by atoms with E-state index in [0.29, 0.717) is 0 Å². The Kier molecular flexibility index (Phi) is 1.60. The zero-order valence-corrected chi connectivity index (χ0v) is 6.59. The van der Waals surface area contributed by atoms with Crippen LogP contribution in [0.4, 0.5) is 0 Å². The highest BCUT2D eigenvalue weighted by Crippen LogP contribution is 2.18. The Bertz CT molecular complexity index is 336. The average Bonchev–Trinajstić information content (AvgIpc) is 2.08. The van der Waals surface area contributed by atoms with E-state index in [1.165, 1.54) is 0 Å². The minimum absolute atomic E-state index is 0.209. The molecule has 3 N–H and O–H groups in total. The van der Waals surface area contributed by atoms with Gasteiger partial charge in [0.2, 0.25) is 0 Å². The number of rotatable bonds is 2. The van der Waals surface area contributed by atoms with Crippen molar-refractivity contribution in [3.05, 3.63) is 0 Å². The van der Waals surface area contributed by atoms with Crippen LogP contribution in [0.3, 0.4) is 0 Å². The highest BCUT2D eigenvalue weighted by atomic mass is 32.2. The van der Waals surface area contributed by atoms with E-state index in [0.717, 1.165) is 0 Å². The average molecular weight is 195 g/mol. The van der Waals surface area contributed by atoms with Crippen LogP contribution < -0.4 is 5.32 Å². The van der Waals surface area contributed by atoms with E-state index in [1.807, 2.05) is 5.32 Å². The molecule has 1 heterocycles. The summed E-state index contributed by atoms with van der Waals surface area (Å²) < 4.78 is 29.5. The molecule has 5 nitrogen and oxygen atoms in total. The third-order valence-electron chi connectivity index (χ3n) is 1.17. The summed E-state index contributed by atoms with van der Waals surface area (Å²) >= 11 is 0.209. The van der Waals surface area contributed by atoms with Crippen LogP contribution in [0.1, 0.15) is 11.9 Å². The molecular weight excluding hydrogens is 182 g/mol. The number of carboxylic acids is 2. The van der Waals surface area contributed by atoms with E-state index < -0.39 is 35.4 Å². The van der Waals surface area contributed by atoms with Crippen LogP contribution in [0.5, 0.6) is 0 Å². The van der Waals surface area contributed by atoms with E-state index in [1.54, 1.807) is 0 Å². The smallest absolute Gasteiger partial charge is 0.331 e. The lowest BCUT2D eigenvalue weighted by molar-refractivity contribution is -0.141. The van der Waals surface area contributed by atoms with Crippen molar-refractivity contribution in [3.8, 4) is 0 Å². The number of hydrogen-bond acceptors (Lipinski definition) is 4. The van der Waals surface area contributed by atoms with Gasteiger partial charge in [0.1, 0.15) is 6.04 Å². The molecule has 0 aromatic heterocycles. The summed E-state index contributed by atoms with van der Waals surface area (Å²) in [5.74, 6) is -3.06.